The summed E-state index contributed by atoms with van der Waals surface area (Å²) in [4.78, 5) is 65.5. The molecular formula is C35H29N3O6S. The van der Waals surface area contributed by atoms with Crippen molar-refractivity contribution in [2.24, 2.45) is 0 Å². The molecule has 1 aliphatic rings. The van der Waals surface area contributed by atoms with Crippen molar-refractivity contribution in [2.75, 3.05) is 17.3 Å². The second-order valence-electron chi connectivity index (χ2n) is 10.1. The molecule has 10 heteroatoms. The standard InChI is InChI=1S/C35H29N3O6S/c1-22(39)24-10-14-27(15-11-24)38-32(40)21-31(35(38)43)45-29-18-12-26(13-19-29)36-34(42)30(20-23-8-16-28(44-2)17-9-23)37-33(41)25-6-4-3-5-7-25/h3-20,31H,21H2,1-2H3,(H,36,42)(H,37,41)/b30-20-. The molecule has 1 aliphatic heterocycles. The van der Waals surface area contributed by atoms with Crippen LogP contribution >= 0.6 is 11.8 Å². The van der Waals surface area contributed by atoms with Crippen molar-refractivity contribution >= 4 is 58.6 Å². The number of anilines is 2. The minimum absolute atomic E-state index is 0.0388. The maximum atomic E-state index is 13.3. The molecule has 1 unspecified atom stereocenters. The van der Waals surface area contributed by atoms with E-state index in [-0.39, 0.29) is 29.7 Å². The van der Waals surface area contributed by atoms with Gasteiger partial charge in [-0.1, -0.05) is 30.3 Å². The zero-order valence-electron chi connectivity index (χ0n) is 24.5. The van der Waals surface area contributed by atoms with Crippen LogP contribution in [-0.2, 0) is 14.4 Å². The summed E-state index contributed by atoms with van der Waals surface area (Å²) < 4.78 is 5.20. The first-order valence-electron chi connectivity index (χ1n) is 14.0. The Bertz CT molecular complexity index is 1770. The summed E-state index contributed by atoms with van der Waals surface area (Å²) in [5, 5.41) is 4.91. The van der Waals surface area contributed by atoms with Gasteiger partial charge in [0, 0.05) is 28.1 Å². The van der Waals surface area contributed by atoms with Crippen LogP contribution in [0.15, 0.2) is 114 Å². The van der Waals surface area contributed by atoms with Gasteiger partial charge < -0.3 is 15.4 Å². The summed E-state index contributed by atoms with van der Waals surface area (Å²) in [6.07, 6.45) is 1.61. The van der Waals surface area contributed by atoms with Crippen molar-refractivity contribution in [1.29, 1.82) is 0 Å². The average molecular weight is 620 g/mol. The topological polar surface area (TPSA) is 122 Å². The predicted molar refractivity (Wildman–Crippen MR) is 173 cm³/mol. The highest BCUT2D eigenvalue weighted by Crippen LogP contribution is 2.34. The lowest BCUT2D eigenvalue weighted by Gasteiger charge is -2.15. The van der Waals surface area contributed by atoms with Gasteiger partial charge in [0.1, 0.15) is 11.4 Å². The number of thioether (sulfide) groups is 1. The van der Waals surface area contributed by atoms with Crippen molar-refractivity contribution in [1.82, 2.24) is 5.32 Å². The molecule has 0 aromatic heterocycles. The van der Waals surface area contributed by atoms with E-state index < -0.39 is 17.1 Å². The lowest BCUT2D eigenvalue weighted by atomic mass is 10.1. The van der Waals surface area contributed by atoms with Crippen molar-refractivity contribution in [2.45, 2.75) is 23.5 Å². The quantitative estimate of drug-likeness (QED) is 0.132. The number of rotatable bonds is 10. The monoisotopic (exact) mass is 619 g/mol. The van der Waals surface area contributed by atoms with Crippen LogP contribution in [0.4, 0.5) is 11.4 Å². The Hall–Kier alpha value is -5.48. The van der Waals surface area contributed by atoms with Gasteiger partial charge in [-0.05, 0) is 91.4 Å². The summed E-state index contributed by atoms with van der Waals surface area (Å²) in [6.45, 7) is 1.45. The minimum atomic E-state index is -0.613. The molecule has 4 aromatic rings. The number of benzene rings is 4. The Kier molecular flexibility index (Phi) is 9.54. The molecule has 0 saturated carbocycles. The maximum absolute atomic E-state index is 13.3. The van der Waals surface area contributed by atoms with Gasteiger partial charge in [0.15, 0.2) is 5.78 Å². The fraction of sp³-hybridized carbons (Fsp3) is 0.114. The van der Waals surface area contributed by atoms with Gasteiger partial charge in [-0.25, -0.2) is 4.90 Å². The van der Waals surface area contributed by atoms with Gasteiger partial charge in [0.05, 0.1) is 18.0 Å². The number of amides is 4. The number of carbonyl (C=O) groups is 5. The molecule has 1 heterocycles. The number of imide groups is 1. The van der Waals surface area contributed by atoms with E-state index in [1.165, 1.54) is 18.7 Å². The molecule has 0 aliphatic carbocycles. The third-order valence-electron chi connectivity index (χ3n) is 6.98. The number of ketones is 1. The number of hydrogen-bond acceptors (Lipinski definition) is 7. The van der Waals surface area contributed by atoms with Crippen LogP contribution in [0, 0.1) is 0 Å². The summed E-state index contributed by atoms with van der Waals surface area (Å²) >= 11 is 1.26. The lowest BCUT2D eigenvalue weighted by molar-refractivity contribution is -0.121. The second-order valence-corrected chi connectivity index (χ2v) is 11.4. The van der Waals surface area contributed by atoms with Gasteiger partial charge in [0.2, 0.25) is 11.8 Å². The summed E-state index contributed by atoms with van der Waals surface area (Å²) in [7, 11) is 1.56. The Morgan fingerprint density at radius 3 is 2.13 bits per heavy atom. The van der Waals surface area contributed by atoms with E-state index in [1.54, 1.807) is 116 Å². The first kappa shape index (κ1) is 31.0. The fourth-order valence-corrected chi connectivity index (χ4v) is 5.66. The summed E-state index contributed by atoms with van der Waals surface area (Å²) in [5.41, 5.74) is 2.52. The molecule has 1 fully saturated rings. The SMILES string of the molecule is COc1ccc(/C=C(\NC(=O)c2ccccc2)C(=O)Nc2ccc(SC3CC(=O)N(c4ccc(C(C)=O)cc4)C3=O)cc2)cc1. The number of methoxy groups -OCH3 is 1. The molecule has 1 saturated heterocycles. The highest BCUT2D eigenvalue weighted by Gasteiger charge is 2.40. The van der Waals surface area contributed by atoms with Crippen LogP contribution in [-0.4, -0.2) is 41.8 Å². The number of hydrogen-bond donors (Lipinski definition) is 2. The Morgan fingerprint density at radius 1 is 0.844 bits per heavy atom. The third kappa shape index (κ3) is 7.54. The summed E-state index contributed by atoms with van der Waals surface area (Å²) in [5.74, 6) is -1.05. The predicted octanol–water partition coefficient (Wildman–Crippen LogP) is 5.73. The Morgan fingerprint density at radius 2 is 1.51 bits per heavy atom. The van der Waals surface area contributed by atoms with E-state index in [1.807, 2.05) is 0 Å². The largest absolute Gasteiger partial charge is 0.497 e. The van der Waals surface area contributed by atoms with Crippen molar-refractivity contribution in [3.63, 3.8) is 0 Å². The molecule has 5 rings (SSSR count). The molecule has 0 bridgehead atoms. The minimum Gasteiger partial charge on any atom is -0.497 e. The van der Waals surface area contributed by atoms with Crippen molar-refractivity contribution < 1.29 is 28.7 Å². The smallest absolute Gasteiger partial charge is 0.272 e. The van der Waals surface area contributed by atoms with Gasteiger partial charge in [-0.15, -0.1) is 11.8 Å². The number of carbonyl (C=O) groups excluding carboxylic acids is 5. The normalized spacial score (nSPS) is 14.7. The Balaban J connectivity index is 1.27. The van der Waals surface area contributed by atoms with Gasteiger partial charge in [-0.2, -0.15) is 0 Å². The number of nitrogens with zero attached hydrogens (tertiary/aromatic N) is 1. The molecule has 4 aromatic carbocycles. The van der Waals surface area contributed by atoms with Crippen LogP contribution in [0.2, 0.25) is 0 Å². The maximum Gasteiger partial charge on any atom is 0.272 e. The zero-order valence-corrected chi connectivity index (χ0v) is 25.3. The third-order valence-corrected chi connectivity index (χ3v) is 8.18. The number of nitrogens with one attached hydrogen (secondary N) is 2. The molecule has 4 amide bonds. The van der Waals surface area contributed by atoms with Gasteiger partial charge in [0.25, 0.3) is 11.8 Å². The van der Waals surface area contributed by atoms with Gasteiger partial charge >= 0.3 is 0 Å². The van der Waals surface area contributed by atoms with Crippen LogP contribution in [0.25, 0.3) is 6.08 Å². The van der Waals surface area contributed by atoms with Crippen molar-refractivity contribution in [3.05, 3.63) is 126 Å². The van der Waals surface area contributed by atoms with Crippen molar-refractivity contribution in [3.8, 4) is 5.75 Å². The van der Waals surface area contributed by atoms with Gasteiger partial charge in [-0.3, -0.25) is 24.0 Å². The first-order chi connectivity index (χ1) is 21.7. The average Bonchev–Trinajstić information content (AvgIpc) is 3.33. The fourth-order valence-electron chi connectivity index (χ4n) is 4.60. The molecular weight excluding hydrogens is 590 g/mol. The van der Waals surface area contributed by atoms with E-state index in [4.69, 9.17) is 4.74 Å². The molecule has 0 radical (unpaired) electrons. The van der Waals surface area contributed by atoms with E-state index in [2.05, 4.69) is 10.6 Å². The highest BCUT2D eigenvalue weighted by atomic mass is 32.2. The number of Topliss-reactive ketones (excluding diaryl/α,β-unsaturated/α-hetero) is 1. The van der Waals surface area contributed by atoms with E-state index in [0.29, 0.717) is 33.8 Å². The van der Waals surface area contributed by atoms with Crippen LogP contribution < -0.4 is 20.3 Å². The molecule has 1 atom stereocenters. The van der Waals surface area contributed by atoms with Crippen LogP contribution in [0.3, 0.4) is 0 Å². The van der Waals surface area contributed by atoms with E-state index in [9.17, 15) is 24.0 Å². The number of ether oxygens (including phenoxy) is 1. The Labute approximate surface area is 264 Å². The highest BCUT2D eigenvalue weighted by molar-refractivity contribution is 8.00. The lowest BCUT2D eigenvalue weighted by Crippen LogP contribution is -2.31. The van der Waals surface area contributed by atoms with Crippen LogP contribution in [0.5, 0.6) is 5.75 Å². The molecule has 2 N–H and O–H groups in total. The molecule has 45 heavy (non-hydrogen) atoms. The summed E-state index contributed by atoms with van der Waals surface area (Å²) in [6, 6.07) is 28.9. The molecule has 0 spiro atoms. The molecule has 9 nitrogen and oxygen atoms in total. The van der Waals surface area contributed by atoms with Crippen LogP contribution in [0.1, 0.15) is 39.6 Å². The zero-order chi connectivity index (χ0) is 31.9. The second kappa shape index (κ2) is 13.9. The van der Waals surface area contributed by atoms with E-state index in [0.717, 1.165) is 9.80 Å². The first-order valence-corrected chi connectivity index (χ1v) is 14.9. The van der Waals surface area contributed by atoms with E-state index >= 15 is 0 Å². The molecule has 226 valence electrons.